The Morgan fingerprint density at radius 3 is 1.43 bits per heavy atom. The van der Waals surface area contributed by atoms with Crippen molar-refractivity contribution in [2.45, 2.75) is 44.1 Å². The summed E-state index contributed by atoms with van der Waals surface area (Å²) in [6.07, 6.45) is 9.02. The Hall–Kier alpha value is -0.730. The van der Waals surface area contributed by atoms with Gasteiger partial charge >= 0.3 is 0 Å². The lowest BCUT2D eigenvalue weighted by molar-refractivity contribution is -0.504. The molecule has 4 nitrogen and oxygen atoms in total. The third-order valence-corrected chi connectivity index (χ3v) is 4.17. The molecule has 4 rings (SSSR count). The lowest BCUT2D eigenvalue weighted by atomic mass is 9.53. The van der Waals surface area contributed by atoms with Gasteiger partial charge in [-0.15, -0.1) is 0 Å². The predicted molar refractivity (Wildman–Crippen MR) is 53.9 cm³/mol. The molecular weight excluding hydrogens is 176 g/mol. The first-order valence-corrected chi connectivity index (χ1v) is 5.49. The summed E-state index contributed by atoms with van der Waals surface area (Å²) in [5.41, 5.74) is 18.5. The molecule has 4 heteroatoms. The van der Waals surface area contributed by atoms with E-state index in [0.717, 1.165) is 17.8 Å². The highest BCUT2D eigenvalue weighted by Gasteiger charge is 2.51. The van der Waals surface area contributed by atoms with Crippen molar-refractivity contribution in [2.24, 2.45) is 17.8 Å². The van der Waals surface area contributed by atoms with Crippen LogP contribution in [0.15, 0.2) is 0 Å². The van der Waals surface area contributed by atoms with Crippen molar-refractivity contribution in [3.05, 3.63) is 16.0 Å². The van der Waals surface area contributed by atoms with Gasteiger partial charge in [-0.05, 0) is 37.0 Å². The van der Waals surface area contributed by atoms with Crippen LogP contribution in [0.25, 0.3) is 16.0 Å². The zero-order valence-corrected chi connectivity index (χ0v) is 8.52. The monoisotopic (exact) mass is 194 g/mol. The molecule has 0 aromatic carbocycles. The Morgan fingerprint density at radius 2 is 1.21 bits per heavy atom. The lowest BCUT2D eigenvalue weighted by Crippen LogP contribution is -2.77. The molecule has 4 aliphatic carbocycles. The first-order valence-electron chi connectivity index (χ1n) is 5.49. The highest BCUT2D eigenvalue weighted by molar-refractivity contribution is 5.00. The van der Waals surface area contributed by atoms with Crippen LogP contribution in [-0.2, 0) is 0 Å². The van der Waals surface area contributed by atoms with Gasteiger partial charge in [0.25, 0.3) is 0 Å². The summed E-state index contributed by atoms with van der Waals surface area (Å²) in [6, 6.07) is 0. The molecule has 0 aliphatic heterocycles. The predicted octanol–water partition coefficient (Wildman–Crippen LogP) is 2.06. The molecule has 0 unspecified atom stereocenters. The van der Waals surface area contributed by atoms with Gasteiger partial charge < -0.3 is 16.8 Å². The fraction of sp³-hybridized carbons (Fsp3) is 1.00. The number of hydrogen-bond acceptors (Lipinski definition) is 0. The molecule has 0 amide bonds. The first kappa shape index (κ1) is 9.81. The third kappa shape index (κ3) is 1.72. The van der Waals surface area contributed by atoms with Crippen molar-refractivity contribution in [1.82, 2.24) is 0 Å². The Balaban J connectivity index is 0.000000226. The summed E-state index contributed by atoms with van der Waals surface area (Å²) in [5.74, 6) is 3.25. The minimum absolute atomic E-state index is 0.550. The van der Waals surface area contributed by atoms with Crippen molar-refractivity contribution < 1.29 is 5.73 Å². The Kier molecular flexibility index (Phi) is 2.41. The second kappa shape index (κ2) is 3.44. The Morgan fingerprint density at radius 1 is 0.929 bits per heavy atom. The number of hydrogen-bond donors (Lipinski definition) is 1. The first-order chi connectivity index (χ1) is 6.65. The van der Waals surface area contributed by atoms with Crippen LogP contribution in [0.2, 0.25) is 0 Å². The zero-order valence-electron chi connectivity index (χ0n) is 8.52. The Bertz CT molecular complexity index is 220. The molecular formula is C10H18N4. The molecule has 0 atom stereocenters. The zero-order chi connectivity index (χ0) is 10.2. The van der Waals surface area contributed by atoms with E-state index in [1.54, 1.807) is 19.3 Å². The molecule has 4 fully saturated rings. The quantitative estimate of drug-likeness (QED) is 0.347. The van der Waals surface area contributed by atoms with E-state index >= 15 is 0 Å². The smallest absolute Gasteiger partial charge is 0.0953 e. The molecule has 0 heterocycles. The minimum atomic E-state index is 0.550. The second-order valence-corrected chi connectivity index (χ2v) is 5.51. The van der Waals surface area contributed by atoms with Crippen molar-refractivity contribution in [3.63, 3.8) is 0 Å². The molecule has 0 aromatic rings. The molecule has 4 saturated carbocycles. The van der Waals surface area contributed by atoms with Crippen molar-refractivity contribution in [1.29, 1.82) is 0 Å². The standard InChI is InChI=1S/C10H17N.N3/c11-10-4-7-1-8(5-10)3-9(2-7)6-10;1-3-2/h7-9H,1-6,11H2;/q;-1/p+1. The van der Waals surface area contributed by atoms with Crippen LogP contribution in [0.4, 0.5) is 0 Å². The maximum Gasteiger partial charge on any atom is 0.0953 e. The van der Waals surface area contributed by atoms with E-state index in [1.807, 2.05) is 0 Å². The molecule has 0 saturated heterocycles. The fourth-order valence-corrected chi connectivity index (χ4v) is 4.29. The van der Waals surface area contributed by atoms with Crippen LogP contribution in [0, 0.1) is 17.8 Å². The van der Waals surface area contributed by atoms with E-state index in [2.05, 4.69) is 5.73 Å². The highest BCUT2D eigenvalue weighted by Crippen LogP contribution is 2.53. The SMILES string of the molecule is [N-]=[N+]=[N-].[NH3+]C12CC3CC(CC(C3)C1)C2. The van der Waals surface area contributed by atoms with Crippen molar-refractivity contribution in [2.75, 3.05) is 0 Å². The van der Waals surface area contributed by atoms with Crippen LogP contribution in [0.1, 0.15) is 38.5 Å². The molecule has 0 aromatic heterocycles. The summed E-state index contributed by atoms with van der Waals surface area (Å²) in [6.45, 7) is 0. The summed E-state index contributed by atoms with van der Waals surface area (Å²) in [5, 5.41) is 0. The van der Waals surface area contributed by atoms with E-state index in [1.165, 1.54) is 24.2 Å². The van der Waals surface area contributed by atoms with E-state index in [-0.39, 0.29) is 0 Å². The van der Waals surface area contributed by atoms with E-state index < -0.39 is 0 Å². The molecule has 0 spiro atoms. The van der Waals surface area contributed by atoms with Crippen LogP contribution in [0.3, 0.4) is 0 Å². The van der Waals surface area contributed by atoms with E-state index in [4.69, 9.17) is 11.1 Å². The molecule has 4 bridgehead atoms. The Labute approximate surface area is 84.3 Å². The number of quaternary nitrogens is 1. The van der Waals surface area contributed by atoms with Gasteiger partial charge in [0.15, 0.2) is 0 Å². The average Bonchev–Trinajstić information content (AvgIpc) is 1.99. The molecule has 0 radical (unpaired) electrons. The van der Waals surface area contributed by atoms with Crippen molar-refractivity contribution in [3.8, 4) is 0 Å². The van der Waals surface area contributed by atoms with Gasteiger partial charge in [0, 0.05) is 19.3 Å². The van der Waals surface area contributed by atoms with Crippen molar-refractivity contribution >= 4 is 0 Å². The summed E-state index contributed by atoms with van der Waals surface area (Å²) in [4.78, 5) is 1.50. The highest BCUT2D eigenvalue weighted by atomic mass is 15.0. The molecule has 14 heavy (non-hydrogen) atoms. The molecule has 78 valence electrons. The normalized spacial score (nSPS) is 47.9. The maximum absolute atomic E-state index is 6.75. The topological polar surface area (TPSA) is 86.3 Å². The largest absolute Gasteiger partial charge is 0.373 e. The summed E-state index contributed by atoms with van der Waals surface area (Å²) >= 11 is 0. The number of nitrogens with zero attached hydrogens (tertiary/aromatic N) is 3. The summed E-state index contributed by atoms with van der Waals surface area (Å²) in [7, 11) is 0. The van der Waals surface area contributed by atoms with Gasteiger partial charge in [0.1, 0.15) is 0 Å². The van der Waals surface area contributed by atoms with Gasteiger partial charge in [-0.3, -0.25) is 4.91 Å². The van der Waals surface area contributed by atoms with Gasteiger partial charge in [0.05, 0.1) is 5.54 Å². The molecule has 3 N–H and O–H groups in total. The second-order valence-electron chi connectivity index (χ2n) is 5.51. The van der Waals surface area contributed by atoms with Gasteiger partial charge in [-0.2, -0.15) is 0 Å². The maximum atomic E-state index is 6.75. The third-order valence-electron chi connectivity index (χ3n) is 4.17. The van der Waals surface area contributed by atoms with Gasteiger partial charge in [0.2, 0.25) is 0 Å². The lowest BCUT2D eigenvalue weighted by Gasteiger charge is -2.52. The van der Waals surface area contributed by atoms with E-state index in [0.29, 0.717) is 5.54 Å². The fourth-order valence-electron chi connectivity index (χ4n) is 4.29. The molecule has 4 aliphatic rings. The van der Waals surface area contributed by atoms with Crippen LogP contribution in [0.5, 0.6) is 0 Å². The van der Waals surface area contributed by atoms with Crippen LogP contribution < -0.4 is 5.73 Å². The van der Waals surface area contributed by atoms with Gasteiger partial charge in [-0.1, -0.05) is 0 Å². The van der Waals surface area contributed by atoms with Crippen LogP contribution >= 0.6 is 0 Å². The van der Waals surface area contributed by atoms with E-state index in [9.17, 15) is 0 Å². The minimum Gasteiger partial charge on any atom is -0.373 e. The van der Waals surface area contributed by atoms with Gasteiger partial charge in [-0.25, -0.2) is 0 Å². The average molecular weight is 194 g/mol. The summed E-state index contributed by atoms with van der Waals surface area (Å²) < 4.78 is 0. The number of rotatable bonds is 0. The van der Waals surface area contributed by atoms with Crippen LogP contribution in [-0.4, -0.2) is 5.54 Å².